The summed E-state index contributed by atoms with van der Waals surface area (Å²) >= 11 is 0. The van der Waals surface area contributed by atoms with Gasteiger partial charge in [0.05, 0.1) is 10.5 Å². The predicted molar refractivity (Wildman–Crippen MR) is 87.1 cm³/mol. The fourth-order valence-electron chi connectivity index (χ4n) is 1.91. The molecule has 0 heterocycles. The molecule has 1 amide bonds. The standard InChI is InChI=1S/C15H22F3N3O3S/c1-11(19)7-9-20-14(22)6-3-8-21-25(23,24)13-5-2-4-12(10-13)15(16,17)18/h2,4-5,10-11,21H,3,6-9,19H2,1H3,(H,20,22). The normalized spacial score (nSPS) is 13.5. The number of hydrogen-bond donors (Lipinski definition) is 3. The summed E-state index contributed by atoms with van der Waals surface area (Å²) in [7, 11) is -4.07. The van der Waals surface area contributed by atoms with Gasteiger partial charge in [0.1, 0.15) is 0 Å². The molecule has 1 aromatic rings. The van der Waals surface area contributed by atoms with Gasteiger partial charge >= 0.3 is 6.18 Å². The summed E-state index contributed by atoms with van der Waals surface area (Å²) in [4.78, 5) is 11.1. The van der Waals surface area contributed by atoms with Crippen molar-refractivity contribution in [3.63, 3.8) is 0 Å². The average molecular weight is 381 g/mol. The molecule has 1 rings (SSSR count). The molecular weight excluding hydrogens is 359 g/mol. The second-order valence-corrected chi connectivity index (χ2v) is 7.41. The first-order chi connectivity index (χ1) is 11.5. The van der Waals surface area contributed by atoms with Crippen molar-refractivity contribution in [2.24, 2.45) is 5.73 Å². The highest BCUT2D eigenvalue weighted by Gasteiger charge is 2.31. The van der Waals surface area contributed by atoms with E-state index in [1.807, 2.05) is 6.92 Å². The van der Waals surface area contributed by atoms with Gasteiger partial charge < -0.3 is 11.1 Å². The zero-order valence-corrected chi connectivity index (χ0v) is 14.6. The highest BCUT2D eigenvalue weighted by atomic mass is 32.2. The fraction of sp³-hybridized carbons (Fsp3) is 0.533. The summed E-state index contributed by atoms with van der Waals surface area (Å²) in [5.41, 5.74) is 4.50. The Morgan fingerprint density at radius 2 is 1.96 bits per heavy atom. The van der Waals surface area contributed by atoms with Crippen molar-refractivity contribution in [2.45, 2.75) is 43.3 Å². The van der Waals surface area contributed by atoms with Crippen LogP contribution in [0.15, 0.2) is 29.2 Å². The molecule has 4 N–H and O–H groups in total. The first kappa shape index (κ1) is 21.4. The number of nitrogens with one attached hydrogen (secondary N) is 2. The summed E-state index contributed by atoms with van der Waals surface area (Å²) in [5, 5.41) is 2.65. The summed E-state index contributed by atoms with van der Waals surface area (Å²) in [6, 6.07) is 3.45. The number of nitrogens with two attached hydrogens (primary N) is 1. The SMILES string of the molecule is CC(N)CCNC(=O)CCCNS(=O)(=O)c1cccc(C(F)(F)F)c1. The molecular formula is C15H22F3N3O3S. The van der Waals surface area contributed by atoms with E-state index in [0.717, 1.165) is 18.2 Å². The monoisotopic (exact) mass is 381 g/mol. The average Bonchev–Trinajstić information content (AvgIpc) is 2.50. The number of carbonyl (C=O) groups is 1. The van der Waals surface area contributed by atoms with Gasteiger partial charge in [-0.05, 0) is 38.0 Å². The second kappa shape index (κ2) is 9.16. The molecule has 0 saturated carbocycles. The van der Waals surface area contributed by atoms with Crippen LogP contribution in [0.2, 0.25) is 0 Å². The van der Waals surface area contributed by atoms with Crippen LogP contribution in [0.1, 0.15) is 31.7 Å². The van der Waals surface area contributed by atoms with Crippen LogP contribution in [0.4, 0.5) is 13.2 Å². The van der Waals surface area contributed by atoms with E-state index < -0.39 is 26.7 Å². The summed E-state index contributed by atoms with van der Waals surface area (Å²) < 4.78 is 64.1. The summed E-state index contributed by atoms with van der Waals surface area (Å²) in [6.07, 6.45) is -3.66. The minimum absolute atomic E-state index is 0.0282. The van der Waals surface area contributed by atoms with Crippen LogP contribution < -0.4 is 15.8 Å². The van der Waals surface area contributed by atoms with Gasteiger partial charge in [0.25, 0.3) is 0 Å². The smallest absolute Gasteiger partial charge is 0.356 e. The first-order valence-electron chi connectivity index (χ1n) is 7.71. The number of halogens is 3. The zero-order chi connectivity index (χ0) is 19.1. The molecule has 0 bridgehead atoms. The third-order valence-corrected chi connectivity index (χ3v) is 4.72. The van der Waals surface area contributed by atoms with Crippen LogP contribution in [0.25, 0.3) is 0 Å². The van der Waals surface area contributed by atoms with Crippen molar-refractivity contribution in [3.05, 3.63) is 29.8 Å². The molecule has 0 fully saturated rings. The topological polar surface area (TPSA) is 101 Å². The Kier molecular flexibility index (Phi) is 7.84. The molecule has 1 unspecified atom stereocenters. The van der Waals surface area contributed by atoms with Crippen molar-refractivity contribution in [2.75, 3.05) is 13.1 Å². The minimum Gasteiger partial charge on any atom is -0.356 e. The molecule has 0 aliphatic carbocycles. The maximum Gasteiger partial charge on any atom is 0.416 e. The number of rotatable bonds is 9. The Morgan fingerprint density at radius 3 is 2.56 bits per heavy atom. The third-order valence-electron chi connectivity index (χ3n) is 3.27. The van der Waals surface area contributed by atoms with Crippen LogP contribution in [-0.4, -0.2) is 33.5 Å². The Hall–Kier alpha value is -1.65. The lowest BCUT2D eigenvalue weighted by atomic mass is 10.2. The predicted octanol–water partition coefficient (Wildman–Crippen LogP) is 1.62. The maximum atomic E-state index is 12.6. The molecule has 25 heavy (non-hydrogen) atoms. The third kappa shape index (κ3) is 7.84. The molecule has 142 valence electrons. The van der Waals surface area contributed by atoms with Gasteiger partial charge in [-0.3, -0.25) is 4.79 Å². The number of sulfonamides is 1. The molecule has 0 saturated heterocycles. The molecule has 10 heteroatoms. The van der Waals surface area contributed by atoms with Gasteiger partial charge in [-0.1, -0.05) is 6.07 Å². The molecule has 0 aromatic heterocycles. The van der Waals surface area contributed by atoms with Crippen LogP contribution in [0.3, 0.4) is 0 Å². The van der Waals surface area contributed by atoms with E-state index in [4.69, 9.17) is 5.73 Å². The van der Waals surface area contributed by atoms with Crippen LogP contribution in [0, 0.1) is 0 Å². The molecule has 0 aliphatic rings. The van der Waals surface area contributed by atoms with E-state index in [2.05, 4.69) is 10.0 Å². The Balaban J connectivity index is 2.48. The quantitative estimate of drug-likeness (QED) is 0.566. The van der Waals surface area contributed by atoms with Gasteiger partial charge in [-0.15, -0.1) is 0 Å². The second-order valence-electron chi connectivity index (χ2n) is 5.64. The van der Waals surface area contributed by atoms with Crippen molar-refractivity contribution in [1.29, 1.82) is 0 Å². The van der Waals surface area contributed by atoms with Crippen LogP contribution in [-0.2, 0) is 21.0 Å². The van der Waals surface area contributed by atoms with E-state index in [9.17, 15) is 26.4 Å². The molecule has 1 aromatic carbocycles. The zero-order valence-electron chi connectivity index (χ0n) is 13.8. The highest BCUT2D eigenvalue weighted by Crippen LogP contribution is 2.30. The lowest BCUT2D eigenvalue weighted by Crippen LogP contribution is -2.30. The number of carbonyl (C=O) groups excluding carboxylic acids is 1. The van der Waals surface area contributed by atoms with Crippen molar-refractivity contribution < 1.29 is 26.4 Å². The largest absolute Gasteiger partial charge is 0.416 e. The molecule has 0 aliphatic heterocycles. The van der Waals surface area contributed by atoms with Gasteiger partial charge in [0.2, 0.25) is 15.9 Å². The number of hydrogen-bond acceptors (Lipinski definition) is 4. The Morgan fingerprint density at radius 1 is 1.28 bits per heavy atom. The maximum absolute atomic E-state index is 12.6. The van der Waals surface area contributed by atoms with Gasteiger partial charge in [-0.2, -0.15) is 13.2 Å². The summed E-state index contributed by atoms with van der Waals surface area (Å²) in [6.45, 7) is 2.19. The van der Waals surface area contributed by atoms with E-state index in [1.165, 1.54) is 0 Å². The lowest BCUT2D eigenvalue weighted by molar-refractivity contribution is -0.137. The van der Waals surface area contributed by atoms with Gasteiger partial charge in [0.15, 0.2) is 0 Å². The van der Waals surface area contributed by atoms with E-state index in [1.54, 1.807) is 0 Å². The molecule has 1 atom stereocenters. The van der Waals surface area contributed by atoms with E-state index in [-0.39, 0.29) is 31.3 Å². The van der Waals surface area contributed by atoms with Crippen LogP contribution >= 0.6 is 0 Å². The van der Waals surface area contributed by atoms with E-state index >= 15 is 0 Å². The van der Waals surface area contributed by atoms with E-state index in [0.29, 0.717) is 19.0 Å². The fourth-order valence-corrected chi connectivity index (χ4v) is 3.03. The van der Waals surface area contributed by atoms with Gasteiger partial charge in [-0.25, -0.2) is 13.1 Å². The Labute approximate surface area is 145 Å². The van der Waals surface area contributed by atoms with Crippen LogP contribution in [0.5, 0.6) is 0 Å². The highest BCUT2D eigenvalue weighted by molar-refractivity contribution is 7.89. The van der Waals surface area contributed by atoms with Crippen molar-refractivity contribution >= 4 is 15.9 Å². The van der Waals surface area contributed by atoms with Crippen molar-refractivity contribution in [1.82, 2.24) is 10.0 Å². The summed E-state index contributed by atoms with van der Waals surface area (Å²) in [5.74, 6) is -0.237. The number of benzene rings is 1. The number of amides is 1. The van der Waals surface area contributed by atoms with Gasteiger partial charge in [0, 0.05) is 25.6 Å². The molecule has 6 nitrogen and oxygen atoms in total. The minimum atomic E-state index is -4.62. The Bertz CT molecular complexity index is 676. The first-order valence-corrected chi connectivity index (χ1v) is 9.20. The molecule has 0 radical (unpaired) electrons. The number of alkyl halides is 3. The molecule has 0 spiro atoms. The van der Waals surface area contributed by atoms with Crippen molar-refractivity contribution in [3.8, 4) is 0 Å². The lowest BCUT2D eigenvalue weighted by Gasteiger charge is -2.10.